The van der Waals surface area contributed by atoms with Crippen LogP contribution in [0, 0.1) is 0 Å². The van der Waals surface area contributed by atoms with Gasteiger partial charge in [0.25, 0.3) is 0 Å². The number of benzene rings is 1. The average molecular weight is 322 g/mol. The molecule has 0 atom stereocenters. The van der Waals surface area contributed by atoms with Gasteiger partial charge in [0.1, 0.15) is 0 Å². The molecule has 2 aliphatic rings. The Kier molecular flexibility index (Phi) is 4.74. The highest BCUT2D eigenvalue weighted by atomic mass is 15.2. The normalized spacial score (nSPS) is 19.0. The van der Waals surface area contributed by atoms with E-state index in [4.69, 9.17) is 4.98 Å². The van der Waals surface area contributed by atoms with Crippen LogP contribution in [0.4, 0.5) is 5.95 Å². The molecule has 2 heterocycles. The van der Waals surface area contributed by atoms with Crippen LogP contribution >= 0.6 is 0 Å². The van der Waals surface area contributed by atoms with Gasteiger partial charge in [-0.05, 0) is 49.7 Å². The van der Waals surface area contributed by atoms with Crippen molar-refractivity contribution in [2.45, 2.75) is 51.1 Å². The maximum absolute atomic E-state index is 4.76. The van der Waals surface area contributed by atoms with Crippen LogP contribution in [0.5, 0.6) is 0 Å². The van der Waals surface area contributed by atoms with Crippen LogP contribution in [0.25, 0.3) is 0 Å². The molecule has 4 nitrogen and oxygen atoms in total. The van der Waals surface area contributed by atoms with E-state index in [-0.39, 0.29) is 0 Å². The molecule has 24 heavy (non-hydrogen) atoms. The molecular weight excluding hydrogens is 296 g/mol. The summed E-state index contributed by atoms with van der Waals surface area (Å²) < 4.78 is 0. The van der Waals surface area contributed by atoms with E-state index in [0.29, 0.717) is 6.04 Å². The third-order valence-corrected chi connectivity index (χ3v) is 5.23. The van der Waals surface area contributed by atoms with Crippen molar-refractivity contribution in [3.05, 3.63) is 53.3 Å². The summed E-state index contributed by atoms with van der Waals surface area (Å²) in [5, 5.41) is 3.57. The van der Waals surface area contributed by atoms with Gasteiger partial charge in [-0.2, -0.15) is 0 Å². The quantitative estimate of drug-likeness (QED) is 0.936. The molecule has 2 aromatic rings. The molecule has 0 spiro atoms. The van der Waals surface area contributed by atoms with E-state index in [1.165, 1.54) is 29.7 Å². The Morgan fingerprint density at radius 1 is 1.04 bits per heavy atom. The summed E-state index contributed by atoms with van der Waals surface area (Å²) >= 11 is 0. The summed E-state index contributed by atoms with van der Waals surface area (Å²) in [5.41, 5.74) is 4.02. The largest absolute Gasteiger partial charge is 0.351 e. The van der Waals surface area contributed by atoms with E-state index < -0.39 is 0 Å². The summed E-state index contributed by atoms with van der Waals surface area (Å²) in [4.78, 5) is 11.8. The highest BCUT2D eigenvalue weighted by Gasteiger charge is 2.20. The lowest BCUT2D eigenvalue weighted by molar-refractivity contribution is 0.211. The number of aryl methyl sites for hydroxylation is 2. The van der Waals surface area contributed by atoms with Gasteiger partial charge in [0.05, 0.1) is 0 Å². The second kappa shape index (κ2) is 7.31. The van der Waals surface area contributed by atoms with Crippen LogP contribution in [-0.2, 0) is 19.4 Å². The molecule has 1 aliphatic carbocycles. The minimum absolute atomic E-state index is 0.499. The molecule has 1 aromatic carbocycles. The zero-order chi connectivity index (χ0) is 16.2. The number of likely N-dealkylation sites (tertiary alicyclic amines) is 1. The van der Waals surface area contributed by atoms with Crippen LogP contribution in [0.15, 0.2) is 36.5 Å². The highest BCUT2D eigenvalue weighted by molar-refractivity contribution is 5.32. The highest BCUT2D eigenvalue weighted by Crippen LogP contribution is 2.21. The van der Waals surface area contributed by atoms with E-state index in [1.54, 1.807) is 0 Å². The minimum Gasteiger partial charge on any atom is -0.351 e. The van der Waals surface area contributed by atoms with Gasteiger partial charge in [0.2, 0.25) is 5.95 Å². The molecule has 4 heteroatoms. The van der Waals surface area contributed by atoms with Gasteiger partial charge in [-0.25, -0.2) is 9.97 Å². The Balaban J connectivity index is 1.30. The standard InChI is InChI=1S/C20H26N4/c1-2-6-16(7-3-1)15-24-12-10-18(11-13-24)22-20-21-14-17-8-4-5-9-19(17)23-20/h1-3,6-7,14,18H,4-5,8-13,15H2,(H,21,22,23). The van der Waals surface area contributed by atoms with Crippen molar-refractivity contribution < 1.29 is 0 Å². The Morgan fingerprint density at radius 2 is 1.83 bits per heavy atom. The number of nitrogens with one attached hydrogen (secondary N) is 1. The lowest BCUT2D eigenvalue weighted by Gasteiger charge is -2.32. The van der Waals surface area contributed by atoms with Crippen LogP contribution in [0.2, 0.25) is 0 Å². The number of hydrogen-bond donors (Lipinski definition) is 1. The van der Waals surface area contributed by atoms with E-state index in [0.717, 1.165) is 51.3 Å². The van der Waals surface area contributed by atoms with Crippen LogP contribution in [0.3, 0.4) is 0 Å². The molecule has 126 valence electrons. The van der Waals surface area contributed by atoms with Gasteiger partial charge in [-0.3, -0.25) is 4.90 Å². The first-order chi connectivity index (χ1) is 11.9. The van der Waals surface area contributed by atoms with Gasteiger partial charge in [-0.15, -0.1) is 0 Å². The number of anilines is 1. The van der Waals surface area contributed by atoms with Gasteiger partial charge < -0.3 is 5.32 Å². The summed E-state index contributed by atoms with van der Waals surface area (Å²) in [6.07, 6.45) is 9.16. The topological polar surface area (TPSA) is 41.0 Å². The number of nitrogens with zero attached hydrogens (tertiary/aromatic N) is 3. The predicted molar refractivity (Wildman–Crippen MR) is 97.0 cm³/mol. The molecule has 0 unspecified atom stereocenters. The molecule has 0 saturated carbocycles. The maximum atomic E-state index is 4.76. The molecule has 1 saturated heterocycles. The second-order valence-corrected chi connectivity index (χ2v) is 7.05. The Morgan fingerprint density at radius 3 is 2.67 bits per heavy atom. The Labute approximate surface area is 144 Å². The first kappa shape index (κ1) is 15.6. The fourth-order valence-corrected chi connectivity index (χ4v) is 3.80. The molecule has 0 radical (unpaired) electrons. The molecule has 1 aromatic heterocycles. The van der Waals surface area contributed by atoms with E-state index in [1.807, 2.05) is 6.20 Å². The van der Waals surface area contributed by atoms with Crippen LogP contribution in [0.1, 0.15) is 42.5 Å². The number of fused-ring (bicyclic) bond motifs is 1. The lowest BCUT2D eigenvalue weighted by Crippen LogP contribution is -2.39. The summed E-state index contributed by atoms with van der Waals surface area (Å²) in [7, 11) is 0. The van der Waals surface area contributed by atoms with Gasteiger partial charge >= 0.3 is 0 Å². The monoisotopic (exact) mass is 322 g/mol. The van der Waals surface area contributed by atoms with Crippen molar-refractivity contribution in [2.75, 3.05) is 18.4 Å². The van der Waals surface area contributed by atoms with E-state index in [9.17, 15) is 0 Å². The van der Waals surface area contributed by atoms with Crippen LogP contribution in [-0.4, -0.2) is 34.0 Å². The van der Waals surface area contributed by atoms with Crippen molar-refractivity contribution >= 4 is 5.95 Å². The zero-order valence-corrected chi connectivity index (χ0v) is 14.2. The molecule has 1 N–H and O–H groups in total. The zero-order valence-electron chi connectivity index (χ0n) is 14.2. The summed E-state index contributed by atoms with van der Waals surface area (Å²) in [6, 6.07) is 11.3. The minimum atomic E-state index is 0.499. The van der Waals surface area contributed by atoms with E-state index >= 15 is 0 Å². The van der Waals surface area contributed by atoms with Crippen LogP contribution < -0.4 is 5.32 Å². The van der Waals surface area contributed by atoms with Crippen molar-refractivity contribution in [1.29, 1.82) is 0 Å². The molecule has 0 amide bonds. The Bertz CT molecular complexity index is 663. The third kappa shape index (κ3) is 3.75. The SMILES string of the molecule is c1ccc(CN2CCC(Nc3ncc4c(n3)CCCC4)CC2)cc1. The maximum Gasteiger partial charge on any atom is 0.223 e. The van der Waals surface area contributed by atoms with Crippen molar-refractivity contribution in [3.63, 3.8) is 0 Å². The fraction of sp³-hybridized carbons (Fsp3) is 0.500. The van der Waals surface area contributed by atoms with Gasteiger partial charge in [-0.1, -0.05) is 30.3 Å². The Hall–Kier alpha value is -1.94. The summed E-state index contributed by atoms with van der Waals surface area (Å²) in [5.74, 6) is 0.831. The second-order valence-electron chi connectivity index (χ2n) is 7.05. The number of hydrogen-bond acceptors (Lipinski definition) is 4. The smallest absolute Gasteiger partial charge is 0.223 e. The average Bonchev–Trinajstić information content (AvgIpc) is 2.64. The van der Waals surface area contributed by atoms with Crippen molar-refractivity contribution in [3.8, 4) is 0 Å². The number of piperidine rings is 1. The molecule has 4 rings (SSSR count). The fourth-order valence-electron chi connectivity index (χ4n) is 3.80. The predicted octanol–water partition coefficient (Wildman–Crippen LogP) is 3.43. The van der Waals surface area contributed by atoms with Crippen molar-refractivity contribution in [1.82, 2.24) is 14.9 Å². The molecule has 1 aliphatic heterocycles. The summed E-state index contributed by atoms with van der Waals surface area (Å²) in [6.45, 7) is 3.33. The van der Waals surface area contributed by atoms with E-state index in [2.05, 4.69) is 45.5 Å². The molecular formula is C20H26N4. The van der Waals surface area contributed by atoms with Gasteiger partial charge in [0.15, 0.2) is 0 Å². The van der Waals surface area contributed by atoms with Gasteiger partial charge in [0, 0.05) is 37.6 Å². The van der Waals surface area contributed by atoms with Crippen molar-refractivity contribution in [2.24, 2.45) is 0 Å². The molecule has 0 bridgehead atoms. The number of aromatic nitrogens is 2. The third-order valence-electron chi connectivity index (χ3n) is 5.23. The lowest BCUT2D eigenvalue weighted by atomic mass is 9.98. The first-order valence-corrected chi connectivity index (χ1v) is 9.24. The number of rotatable bonds is 4. The molecule has 1 fully saturated rings. The first-order valence-electron chi connectivity index (χ1n) is 9.24.